The van der Waals surface area contributed by atoms with Gasteiger partial charge in [-0.25, -0.2) is 5.48 Å². The third-order valence-corrected chi connectivity index (χ3v) is 2.75. The number of carbonyl (C=O) groups is 1. The molecule has 0 fully saturated rings. The number of hydroxylamine groups is 1. The second kappa shape index (κ2) is 6.58. The van der Waals surface area contributed by atoms with Crippen LogP contribution in [0.15, 0.2) is 48.5 Å². The van der Waals surface area contributed by atoms with Crippen molar-refractivity contribution in [1.29, 1.82) is 0 Å². The monoisotopic (exact) mass is 272 g/mol. The highest BCUT2D eigenvalue weighted by molar-refractivity contribution is 5.98. The molecule has 3 N–H and O–H groups in total. The van der Waals surface area contributed by atoms with E-state index in [0.29, 0.717) is 23.6 Å². The Bertz CT molecular complexity index is 585. The zero-order valence-electron chi connectivity index (χ0n) is 11.1. The zero-order chi connectivity index (χ0) is 14.4. The lowest BCUT2D eigenvalue weighted by Gasteiger charge is -2.09. The Balaban J connectivity index is 1.92. The molecule has 0 aliphatic carbocycles. The first kappa shape index (κ1) is 13.9. The Morgan fingerprint density at radius 3 is 2.60 bits per heavy atom. The number of carbonyl (C=O) groups excluding carboxylic acids is 1. The van der Waals surface area contributed by atoms with Crippen LogP contribution in [0.2, 0.25) is 0 Å². The van der Waals surface area contributed by atoms with E-state index in [1.807, 2.05) is 30.3 Å². The van der Waals surface area contributed by atoms with E-state index < -0.39 is 0 Å². The first-order valence-corrected chi connectivity index (χ1v) is 6.10. The lowest BCUT2D eigenvalue weighted by atomic mass is 10.1. The summed E-state index contributed by atoms with van der Waals surface area (Å²) >= 11 is 0. The molecule has 0 atom stereocenters. The van der Waals surface area contributed by atoms with E-state index in [4.69, 9.17) is 15.3 Å². The summed E-state index contributed by atoms with van der Waals surface area (Å²) in [7, 11) is 1.54. The average molecular weight is 272 g/mol. The molecule has 5 nitrogen and oxygen atoms in total. The van der Waals surface area contributed by atoms with Gasteiger partial charge in [0.25, 0.3) is 5.91 Å². The summed E-state index contributed by atoms with van der Waals surface area (Å²) < 4.78 is 5.03. The lowest BCUT2D eigenvalue weighted by molar-refractivity contribution is 0.0234. The van der Waals surface area contributed by atoms with E-state index >= 15 is 0 Å². The van der Waals surface area contributed by atoms with E-state index in [1.54, 1.807) is 18.2 Å². The van der Waals surface area contributed by atoms with Crippen LogP contribution < -0.4 is 16.0 Å². The van der Waals surface area contributed by atoms with Crippen molar-refractivity contribution in [1.82, 2.24) is 5.48 Å². The van der Waals surface area contributed by atoms with Crippen molar-refractivity contribution in [3.8, 4) is 5.75 Å². The quantitative estimate of drug-likeness (QED) is 0.646. The van der Waals surface area contributed by atoms with Gasteiger partial charge < -0.3 is 10.5 Å². The van der Waals surface area contributed by atoms with Crippen molar-refractivity contribution in [3.63, 3.8) is 0 Å². The maximum absolute atomic E-state index is 11.9. The van der Waals surface area contributed by atoms with Gasteiger partial charge in [-0.3, -0.25) is 9.63 Å². The predicted molar refractivity (Wildman–Crippen MR) is 76.1 cm³/mol. The van der Waals surface area contributed by atoms with Gasteiger partial charge in [-0.05, 0) is 17.7 Å². The number of nitrogen functional groups attached to an aromatic ring is 1. The Kier molecular flexibility index (Phi) is 4.57. The fourth-order valence-electron chi connectivity index (χ4n) is 1.69. The minimum Gasteiger partial charge on any atom is -0.497 e. The molecule has 1 amide bonds. The SMILES string of the molecule is COc1ccc(C(=O)NOCc2ccccc2)c(N)c1. The first-order chi connectivity index (χ1) is 9.70. The minimum absolute atomic E-state index is 0.294. The van der Waals surface area contributed by atoms with Crippen LogP contribution in [0.5, 0.6) is 5.75 Å². The molecule has 5 heteroatoms. The molecule has 0 saturated carbocycles. The van der Waals surface area contributed by atoms with Crippen LogP contribution in [0.1, 0.15) is 15.9 Å². The third-order valence-electron chi connectivity index (χ3n) is 2.75. The molecule has 0 saturated heterocycles. The molecule has 0 spiro atoms. The normalized spacial score (nSPS) is 10.1. The third kappa shape index (κ3) is 3.49. The van der Waals surface area contributed by atoms with Gasteiger partial charge in [-0.1, -0.05) is 30.3 Å². The summed E-state index contributed by atoms with van der Waals surface area (Å²) in [5, 5.41) is 0. The van der Waals surface area contributed by atoms with Gasteiger partial charge >= 0.3 is 0 Å². The smallest absolute Gasteiger partial charge is 0.276 e. The average Bonchev–Trinajstić information content (AvgIpc) is 2.48. The largest absolute Gasteiger partial charge is 0.497 e. The van der Waals surface area contributed by atoms with Gasteiger partial charge in [0.05, 0.1) is 19.3 Å². The minimum atomic E-state index is -0.388. The van der Waals surface area contributed by atoms with Crippen molar-refractivity contribution >= 4 is 11.6 Å². The van der Waals surface area contributed by atoms with Gasteiger partial charge in [0.15, 0.2) is 0 Å². The molecule has 0 heterocycles. The van der Waals surface area contributed by atoms with Crippen molar-refractivity contribution in [2.75, 3.05) is 12.8 Å². The van der Waals surface area contributed by atoms with Crippen molar-refractivity contribution < 1.29 is 14.4 Å². The number of amides is 1. The zero-order valence-corrected chi connectivity index (χ0v) is 11.1. The number of hydrogen-bond acceptors (Lipinski definition) is 4. The van der Waals surface area contributed by atoms with Crippen LogP contribution in [0.4, 0.5) is 5.69 Å². The Hall–Kier alpha value is -2.53. The van der Waals surface area contributed by atoms with Crippen LogP contribution in [-0.2, 0) is 11.4 Å². The molecular weight excluding hydrogens is 256 g/mol. The highest BCUT2D eigenvalue weighted by Gasteiger charge is 2.10. The second-order valence-electron chi connectivity index (χ2n) is 4.16. The summed E-state index contributed by atoms with van der Waals surface area (Å²) in [6, 6.07) is 14.4. The summed E-state index contributed by atoms with van der Waals surface area (Å²) in [6.07, 6.45) is 0. The standard InChI is InChI=1S/C15H16N2O3/c1-19-12-7-8-13(14(16)9-12)15(18)17-20-10-11-5-3-2-4-6-11/h2-9H,10,16H2,1H3,(H,17,18). The van der Waals surface area contributed by atoms with Gasteiger partial charge in [0, 0.05) is 11.8 Å². The number of nitrogens with two attached hydrogens (primary N) is 1. The van der Waals surface area contributed by atoms with Crippen LogP contribution in [0.3, 0.4) is 0 Å². The molecule has 0 aliphatic rings. The fraction of sp³-hybridized carbons (Fsp3) is 0.133. The molecule has 2 aromatic rings. The summed E-state index contributed by atoms with van der Waals surface area (Å²) in [5.74, 6) is 0.213. The summed E-state index contributed by atoms with van der Waals surface area (Å²) in [4.78, 5) is 17.1. The topological polar surface area (TPSA) is 73.6 Å². The Labute approximate surface area is 117 Å². The molecule has 0 aromatic heterocycles. The van der Waals surface area contributed by atoms with Gasteiger partial charge in [-0.15, -0.1) is 0 Å². The van der Waals surface area contributed by atoms with Crippen LogP contribution in [0.25, 0.3) is 0 Å². The van der Waals surface area contributed by atoms with E-state index in [1.165, 1.54) is 7.11 Å². The molecule has 2 rings (SSSR count). The van der Waals surface area contributed by atoms with Crippen molar-refractivity contribution in [2.24, 2.45) is 0 Å². The number of anilines is 1. The van der Waals surface area contributed by atoms with E-state index in [0.717, 1.165) is 5.56 Å². The number of ether oxygens (including phenoxy) is 1. The van der Waals surface area contributed by atoms with E-state index in [2.05, 4.69) is 5.48 Å². The van der Waals surface area contributed by atoms with Gasteiger partial charge in [0.2, 0.25) is 0 Å². The molecular formula is C15H16N2O3. The number of benzene rings is 2. The molecule has 0 aliphatic heterocycles. The maximum Gasteiger partial charge on any atom is 0.276 e. The van der Waals surface area contributed by atoms with Crippen molar-refractivity contribution in [2.45, 2.75) is 6.61 Å². The maximum atomic E-state index is 11.9. The first-order valence-electron chi connectivity index (χ1n) is 6.10. The van der Waals surface area contributed by atoms with Crippen molar-refractivity contribution in [3.05, 3.63) is 59.7 Å². The number of hydrogen-bond donors (Lipinski definition) is 2. The van der Waals surface area contributed by atoms with E-state index in [-0.39, 0.29) is 5.91 Å². The molecule has 104 valence electrons. The Morgan fingerprint density at radius 2 is 1.95 bits per heavy atom. The predicted octanol–water partition coefficient (Wildman–Crippen LogP) is 2.14. The summed E-state index contributed by atoms with van der Waals surface area (Å²) in [6.45, 7) is 0.294. The highest BCUT2D eigenvalue weighted by atomic mass is 16.6. The molecule has 20 heavy (non-hydrogen) atoms. The fourth-order valence-corrected chi connectivity index (χ4v) is 1.69. The molecule has 0 radical (unpaired) electrons. The number of rotatable bonds is 5. The highest BCUT2D eigenvalue weighted by Crippen LogP contribution is 2.19. The van der Waals surface area contributed by atoms with Gasteiger partial charge in [0.1, 0.15) is 5.75 Å². The second-order valence-corrected chi connectivity index (χ2v) is 4.16. The summed E-state index contributed by atoms with van der Waals surface area (Å²) in [5.41, 5.74) is 9.80. The Morgan fingerprint density at radius 1 is 1.20 bits per heavy atom. The number of nitrogens with one attached hydrogen (secondary N) is 1. The van der Waals surface area contributed by atoms with Crippen LogP contribution in [0, 0.1) is 0 Å². The van der Waals surface area contributed by atoms with E-state index in [9.17, 15) is 4.79 Å². The van der Waals surface area contributed by atoms with Gasteiger partial charge in [-0.2, -0.15) is 0 Å². The molecule has 2 aromatic carbocycles. The van der Waals surface area contributed by atoms with Crippen LogP contribution in [-0.4, -0.2) is 13.0 Å². The molecule has 0 bridgehead atoms. The molecule has 0 unspecified atom stereocenters. The van der Waals surface area contributed by atoms with Crippen LogP contribution >= 0.6 is 0 Å². The lowest BCUT2D eigenvalue weighted by Crippen LogP contribution is -2.24. The number of methoxy groups -OCH3 is 1.